The maximum atomic E-state index is 13.4. The van der Waals surface area contributed by atoms with Crippen molar-refractivity contribution in [2.75, 3.05) is 10.7 Å². The number of rotatable bonds is 5. The molecule has 0 N–H and O–H groups in total. The summed E-state index contributed by atoms with van der Waals surface area (Å²) in [6.45, 7) is 1.91. The van der Waals surface area contributed by atoms with Crippen LogP contribution in [0.3, 0.4) is 0 Å². The van der Waals surface area contributed by atoms with Crippen molar-refractivity contribution in [2.45, 2.75) is 6.92 Å². The van der Waals surface area contributed by atoms with Crippen LogP contribution in [0.2, 0.25) is 0 Å². The number of carbonyl (C=O) groups excluding carboxylic acids is 2. The number of non-ortho nitro benzene ring substituents is 1. The first kappa shape index (κ1) is 18.9. The maximum Gasteiger partial charge on any atom is 0.272 e. The average molecular weight is 404 g/mol. The molecule has 6 nitrogen and oxygen atoms in total. The molecule has 0 bridgehead atoms. The molecule has 0 spiro atoms. The number of carbonyl (C=O) groups is 2. The van der Waals surface area contributed by atoms with E-state index in [0.717, 1.165) is 10.8 Å². The quantitative estimate of drug-likeness (QED) is 0.347. The first-order chi connectivity index (χ1) is 14.0. The van der Waals surface area contributed by atoms with E-state index >= 15 is 0 Å². The summed E-state index contributed by atoms with van der Waals surface area (Å²) in [7, 11) is 0. The number of hydrogen-bond acceptors (Lipinski definition) is 5. The number of hydrogen-bond donors (Lipinski definition) is 0. The van der Waals surface area contributed by atoms with Crippen molar-refractivity contribution in [1.29, 1.82) is 0 Å². The Balaban J connectivity index is 1.84. The molecule has 4 rings (SSSR count). The lowest BCUT2D eigenvalue weighted by Gasteiger charge is -2.17. The predicted molar refractivity (Wildman–Crippen MR) is 115 cm³/mol. The van der Waals surface area contributed by atoms with Gasteiger partial charge < -0.3 is 0 Å². The van der Waals surface area contributed by atoms with E-state index in [-0.39, 0.29) is 17.2 Å². The molecular weight excluding hydrogens is 388 g/mol. The highest BCUT2D eigenvalue weighted by Gasteiger charge is 2.40. The van der Waals surface area contributed by atoms with Crippen LogP contribution in [-0.2, 0) is 9.59 Å². The van der Waals surface area contributed by atoms with E-state index < -0.39 is 10.8 Å². The Morgan fingerprint density at radius 2 is 1.62 bits per heavy atom. The maximum absolute atomic E-state index is 13.4. The lowest BCUT2D eigenvalue weighted by Crippen LogP contribution is -2.31. The zero-order valence-electron chi connectivity index (χ0n) is 15.5. The molecule has 1 aliphatic heterocycles. The van der Waals surface area contributed by atoms with Gasteiger partial charge in [-0.25, -0.2) is 4.90 Å². The second-order valence-corrected chi connectivity index (χ2v) is 7.66. The molecule has 2 amide bonds. The molecule has 1 aliphatic rings. The van der Waals surface area contributed by atoms with Crippen molar-refractivity contribution in [3.63, 3.8) is 0 Å². The van der Waals surface area contributed by atoms with Gasteiger partial charge in [0.2, 0.25) is 0 Å². The third-order valence-corrected chi connectivity index (χ3v) is 5.66. The Bertz CT molecular complexity index is 1180. The van der Waals surface area contributed by atoms with Gasteiger partial charge in [-0.1, -0.05) is 43.3 Å². The lowest BCUT2D eigenvalue weighted by atomic mass is 10.1. The second kappa shape index (κ2) is 7.52. The van der Waals surface area contributed by atoms with Crippen LogP contribution in [0.15, 0.2) is 71.6 Å². The van der Waals surface area contributed by atoms with Crippen molar-refractivity contribution in [3.8, 4) is 0 Å². The monoisotopic (exact) mass is 404 g/mol. The van der Waals surface area contributed by atoms with E-state index in [9.17, 15) is 19.7 Å². The standard InChI is InChI=1S/C22H16N2O4S/c1-2-29-20-19(15-10-12-16(13-11-15)24(27)28)21(25)23(22(20)26)18-9-5-7-14-6-3-4-8-17(14)18/h3-13H,2H2,1H3. The van der Waals surface area contributed by atoms with Crippen molar-refractivity contribution >= 4 is 51.3 Å². The Morgan fingerprint density at radius 1 is 0.931 bits per heavy atom. The first-order valence-corrected chi connectivity index (χ1v) is 10.00. The van der Waals surface area contributed by atoms with Gasteiger partial charge in [0.05, 0.1) is 21.1 Å². The van der Waals surface area contributed by atoms with Gasteiger partial charge >= 0.3 is 0 Å². The van der Waals surface area contributed by atoms with Crippen LogP contribution in [-0.4, -0.2) is 22.5 Å². The number of imide groups is 1. The van der Waals surface area contributed by atoms with Crippen LogP contribution in [0, 0.1) is 10.1 Å². The minimum Gasteiger partial charge on any atom is -0.268 e. The highest BCUT2D eigenvalue weighted by atomic mass is 32.2. The molecule has 0 unspecified atom stereocenters. The van der Waals surface area contributed by atoms with Gasteiger partial charge in [0.15, 0.2) is 0 Å². The number of anilines is 1. The van der Waals surface area contributed by atoms with Crippen molar-refractivity contribution in [3.05, 3.63) is 87.3 Å². The fourth-order valence-electron chi connectivity index (χ4n) is 3.41. The molecule has 0 aliphatic carbocycles. The fourth-order valence-corrected chi connectivity index (χ4v) is 4.27. The molecule has 144 valence electrons. The minimum absolute atomic E-state index is 0.0678. The molecule has 1 heterocycles. The summed E-state index contributed by atoms with van der Waals surface area (Å²) in [4.78, 5) is 38.6. The summed E-state index contributed by atoms with van der Waals surface area (Å²) in [5, 5.41) is 12.7. The van der Waals surface area contributed by atoms with E-state index in [4.69, 9.17) is 0 Å². The summed E-state index contributed by atoms with van der Waals surface area (Å²) in [6.07, 6.45) is 0. The smallest absolute Gasteiger partial charge is 0.268 e. The van der Waals surface area contributed by atoms with E-state index in [1.54, 1.807) is 6.07 Å². The number of benzene rings is 3. The molecule has 7 heteroatoms. The van der Waals surface area contributed by atoms with Crippen LogP contribution < -0.4 is 4.90 Å². The normalized spacial score (nSPS) is 14.2. The van der Waals surface area contributed by atoms with Gasteiger partial charge in [-0.05, 0) is 34.9 Å². The molecule has 0 radical (unpaired) electrons. The number of nitro groups is 1. The molecule has 3 aromatic rings. The third kappa shape index (κ3) is 3.19. The zero-order chi connectivity index (χ0) is 20.5. The summed E-state index contributed by atoms with van der Waals surface area (Å²) < 4.78 is 0. The highest BCUT2D eigenvalue weighted by molar-refractivity contribution is 8.04. The highest BCUT2D eigenvalue weighted by Crippen LogP contribution is 2.40. The van der Waals surface area contributed by atoms with Gasteiger partial charge in [0, 0.05) is 17.5 Å². The predicted octanol–water partition coefficient (Wildman–Crippen LogP) is 4.79. The van der Waals surface area contributed by atoms with Crippen LogP contribution in [0.1, 0.15) is 12.5 Å². The van der Waals surface area contributed by atoms with E-state index in [1.807, 2.05) is 43.3 Å². The van der Waals surface area contributed by atoms with Crippen molar-refractivity contribution in [2.24, 2.45) is 0 Å². The molecule has 0 fully saturated rings. The molecule has 0 saturated carbocycles. The SMILES string of the molecule is CCSC1=C(c2ccc([N+](=O)[O-])cc2)C(=O)N(c2cccc3ccccc23)C1=O. The molecule has 0 saturated heterocycles. The summed E-state index contributed by atoms with van der Waals surface area (Å²) in [6, 6.07) is 18.8. The molecule has 0 aromatic heterocycles. The minimum atomic E-state index is -0.496. The van der Waals surface area contributed by atoms with Crippen LogP contribution >= 0.6 is 11.8 Å². The molecule has 29 heavy (non-hydrogen) atoms. The van der Waals surface area contributed by atoms with Gasteiger partial charge in [0.1, 0.15) is 0 Å². The van der Waals surface area contributed by atoms with Gasteiger partial charge in [-0.3, -0.25) is 19.7 Å². The number of thioether (sulfide) groups is 1. The van der Waals surface area contributed by atoms with E-state index in [1.165, 1.54) is 40.9 Å². The average Bonchev–Trinajstić information content (AvgIpc) is 2.97. The first-order valence-electron chi connectivity index (χ1n) is 9.01. The van der Waals surface area contributed by atoms with Crippen molar-refractivity contribution in [1.82, 2.24) is 0 Å². The number of fused-ring (bicyclic) bond motifs is 1. The van der Waals surface area contributed by atoms with Gasteiger partial charge in [0.25, 0.3) is 17.5 Å². The van der Waals surface area contributed by atoms with Gasteiger partial charge in [-0.15, -0.1) is 11.8 Å². The lowest BCUT2D eigenvalue weighted by molar-refractivity contribution is -0.384. The van der Waals surface area contributed by atoms with E-state index in [0.29, 0.717) is 21.9 Å². The second-order valence-electron chi connectivity index (χ2n) is 6.39. The summed E-state index contributed by atoms with van der Waals surface area (Å²) in [5.74, 6) is -0.170. The van der Waals surface area contributed by atoms with E-state index in [2.05, 4.69) is 0 Å². The fraction of sp³-hybridized carbons (Fsp3) is 0.0909. The van der Waals surface area contributed by atoms with Crippen LogP contribution in [0.25, 0.3) is 16.3 Å². The Hall–Kier alpha value is -3.45. The summed E-state index contributed by atoms with van der Waals surface area (Å²) >= 11 is 1.30. The Labute approximate surface area is 171 Å². The zero-order valence-corrected chi connectivity index (χ0v) is 16.3. The number of nitro benzene ring substituents is 1. The topological polar surface area (TPSA) is 80.5 Å². The largest absolute Gasteiger partial charge is 0.272 e. The number of nitrogens with zero attached hydrogens (tertiary/aromatic N) is 2. The summed E-state index contributed by atoms with van der Waals surface area (Å²) in [5.41, 5.74) is 1.24. The molecule has 3 aromatic carbocycles. The Morgan fingerprint density at radius 3 is 2.31 bits per heavy atom. The van der Waals surface area contributed by atoms with Gasteiger partial charge in [-0.2, -0.15) is 0 Å². The van der Waals surface area contributed by atoms with Crippen molar-refractivity contribution < 1.29 is 14.5 Å². The van der Waals surface area contributed by atoms with Crippen LogP contribution in [0.5, 0.6) is 0 Å². The molecule has 0 atom stereocenters. The Kier molecular flexibility index (Phi) is 4.90. The van der Waals surface area contributed by atoms with Crippen LogP contribution in [0.4, 0.5) is 11.4 Å². The number of amides is 2. The molecular formula is C22H16N2O4S. The third-order valence-electron chi connectivity index (χ3n) is 4.70.